The number of benzene rings is 3. The Hall–Kier alpha value is -4.96. The number of fused-ring (bicyclic) bond motifs is 3. The minimum absolute atomic E-state index is 0.0353. The number of hydrogen-bond donors (Lipinski definition) is 6. The topological polar surface area (TPSA) is 179 Å². The normalized spacial score (nSPS) is 27.6. The highest BCUT2D eigenvalue weighted by molar-refractivity contribution is 5.82. The summed E-state index contributed by atoms with van der Waals surface area (Å²) in [5.74, 6) is 3.94. The van der Waals surface area contributed by atoms with Crippen LogP contribution in [0.1, 0.15) is 25.3 Å². The van der Waals surface area contributed by atoms with Gasteiger partial charge in [0.15, 0.2) is 16.6 Å². The van der Waals surface area contributed by atoms with Crippen LogP contribution in [0.25, 0.3) is 28.2 Å². The van der Waals surface area contributed by atoms with Crippen molar-refractivity contribution in [2.24, 2.45) is 11.8 Å². The second kappa shape index (κ2) is 13.9. The molecule has 49 heavy (non-hydrogen) atoms. The fourth-order valence-corrected chi connectivity index (χ4v) is 6.27. The van der Waals surface area contributed by atoms with E-state index >= 15 is 0 Å². The van der Waals surface area contributed by atoms with Crippen LogP contribution in [-0.4, -0.2) is 74.3 Å². The number of ether oxygens (including phenoxy) is 2. The van der Waals surface area contributed by atoms with Crippen molar-refractivity contribution >= 4 is 23.0 Å². The number of phenols is 1. The number of aromatic hydroxyl groups is 1. The Morgan fingerprint density at radius 3 is 2.61 bits per heavy atom. The van der Waals surface area contributed by atoms with Gasteiger partial charge < -0.3 is 44.7 Å². The van der Waals surface area contributed by atoms with Crippen molar-refractivity contribution in [3.05, 3.63) is 101 Å². The van der Waals surface area contributed by atoms with Crippen LogP contribution < -0.4 is 15.5 Å². The van der Waals surface area contributed by atoms with E-state index in [1.165, 1.54) is 36.6 Å². The third kappa shape index (κ3) is 6.83. The summed E-state index contributed by atoms with van der Waals surface area (Å²) in [6, 6.07) is 20.2. The Balaban J connectivity index is 1.26. The van der Waals surface area contributed by atoms with Crippen LogP contribution in [0.4, 0.5) is 0 Å². The maximum Gasteiger partial charge on any atom is 0.337 e. The molecule has 11 nitrogen and oxygen atoms in total. The van der Waals surface area contributed by atoms with Gasteiger partial charge in [0.1, 0.15) is 29.4 Å². The smallest absolute Gasteiger partial charge is 0.337 e. The minimum atomic E-state index is -2.67. The molecule has 1 fully saturated rings. The molecule has 2 bridgehead atoms. The van der Waals surface area contributed by atoms with E-state index in [0.29, 0.717) is 18.5 Å². The first-order valence-electron chi connectivity index (χ1n) is 15.9. The first kappa shape index (κ1) is 33.9. The van der Waals surface area contributed by atoms with Crippen LogP contribution in [0, 0.1) is 23.7 Å². The van der Waals surface area contributed by atoms with Gasteiger partial charge in [-0.1, -0.05) is 73.4 Å². The average Bonchev–Trinajstić information content (AvgIpc) is 3.08. The number of rotatable bonds is 8. The molecule has 2 aliphatic heterocycles. The molecule has 3 aromatic carbocycles. The molecule has 1 aromatic heterocycles. The fraction of sp³-hybridized carbons (Fsp3) is 0.316. The van der Waals surface area contributed by atoms with Gasteiger partial charge in [-0.25, -0.2) is 4.79 Å². The van der Waals surface area contributed by atoms with Crippen molar-refractivity contribution in [3.8, 4) is 34.5 Å². The van der Waals surface area contributed by atoms with E-state index in [0.717, 1.165) is 12.0 Å². The Morgan fingerprint density at radius 1 is 1.12 bits per heavy atom. The summed E-state index contributed by atoms with van der Waals surface area (Å²) in [5, 5.41) is 57.9. The van der Waals surface area contributed by atoms with Crippen LogP contribution in [0.3, 0.4) is 0 Å². The summed E-state index contributed by atoms with van der Waals surface area (Å²) < 4.78 is 17.4. The number of aliphatic hydroxyl groups is 3. The lowest BCUT2D eigenvalue weighted by atomic mass is 9.75. The van der Waals surface area contributed by atoms with Gasteiger partial charge in [-0.3, -0.25) is 4.79 Å². The number of carboxylic acids is 1. The maximum atomic E-state index is 13.3. The first-order chi connectivity index (χ1) is 23.5. The summed E-state index contributed by atoms with van der Waals surface area (Å²) in [6.45, 7) is 2.12. The third-order valence-electron chi connectivity index (χ3n) is 9.24. The number of aliphatic hydroxyl groups excluding tert-OH is 1. The predicted molar refractivity (Wildman–Crippen MR) is 180 cm³/mol. The van der Waals surface area contributed by atoms with Gasteiger partial charge in [0.05, 0.1) is 10.9 Å². The number of hydrogen-bond acceptors (Lipinski definition) is 10. The highest BCUT2D eigenvalue weighted by Gasteiger charge is 2.65. The molecule has 11 heteroatoms. The number of nitrogens with one attached hydrogen (secondary N) is 1. The Bertz CT molecular complexity index is 1960. The van der Waals surface area contributed by atoms with Gasteiger partial charge in [-0.2, -0.15) is 0 Å². The second-order valence-corrected chi connectivity index (χ2v) is 12.6. The molecule has 4 aromatic rings. The summed E-state index contributed by atoms with van der Waals surface area (Å²) in [7, 11) is 0. The average molecular weight is 668 g/mol. The molecule has 0 amide bonds. The second-order valence-electron chi connectivity index (χ2n) is 12.6. The lowest BCUT2D eigenvalue weighted by Crippen LogP contribution is -2.76. The Labute approximate surface area is 282 Å². The molecule has 254 valence electrons. The third-order valence-corrected chi connectivity index (χ3v) is 9.24. The van der Waals surface area contributed by atoms with Crippen molar-refractivity contribution in [1.82, 2.24) is 5.32 Å². The lowest BCUT2D eigenvalue weighted by Gasteiger charge is -2.50. The fourth-order valence-electron chi connectivity index (χ4n) is 6.27. The molecule has 0 unspecified atom stereocenters. The van der Waals surface area contributed by atoms with E-state index in [4.69, 9.17) is 13.9 Å². The zero-order valence-corrected chi connectivity index (χ0v) is 26.7. The van der Waals surface area contributed by atoms with Gasteiger partial charge in [0.2, 0.25) is 12.4 Å². The molecule has 6 N–H and O–H groups in total. The molecule has 1 saturated heterocycles. The van der Waals surface area contributed by atoms with E-state index in [1.807, 2.05) is 36.4 Å². The standard InChI is InChI=1S/C38H37NO10/c1-23(7-5-10-24-8-3-2-4-9-24)26-11-6-18-37(45)33(34(42)43)49-36(38(46,35(37)44)22-39-20-26)48-28-16-17-29-31(19-28)47-21-30(32(29)41)25-12-14-27(40)15-13-25/h2-5,8-10,12-17,19,21,23,26,33,35-36,39-40,44-46H,7,11,20,22H2,1H3,(H,42,43)/b10-5+/t23-,26+,33-,35+,36-,37-,38-/m1/s1. The van der Waals surface area contributed by atoms with Crippen LogP contribution in [0.2, 0.25) is 0 Å². The molecule has 2 aliphatic rings. The molecule has 7 atom stereocenters. The number of carboxylic acid groups (broad SMARTS) is 1. The van der Waals surface area contributed by atoms with Crippen molar-refractivity contribution in [2.75, 3.05) is 13.1 Å². The van der Waals surface area contributed by atoms with Gasteiger partial charge in [0.25, 0.3) is 0 Å². The van der Waals surface area contributed by atoms with Crippen molar-refractivity contribution in [2.45, 2.75) is 49.5 Å². The van der Waals surface area contributed by atoms with E-state index < -0.39 is 35.7 Å². The van der Waals surface area contributed by atoms with E-state index in [2.05, 4.69) is 30.2 Å². The number of β-amino-alcohol motifs (C(OH)–C–C–N with tert-alkyl or cyclic N) is 1. The molecule has 6 rings (SSSR count). The SMILES string of the molecule is C[C@H](C/C=C/c1ccccc1)[C@H]1CC#C[C@@]2(O)[C@@H](C(=O)O)O[C@@H](Oc3ccc4c(=O)c(-c5ccc(O)cc5)coc4c3)[C@@](O)(CNC1)[C@H]2O. The highest BCUT2D eigenvalue weighted by atomic mass is 16.7. The quantitative estimate of drug-likeness (QED) is 0.152. The van der Waals surface area contributed by atoms with Crippen LogP contribution >= 0.6 is 0 Å². The summed E-state index contributed by atoms with van der Waals surface area (Å²) in [5.41, 5.74) is -3.36. The van der Waals surface area contributed by atoms with E-state index in [-0.39, 0.29) is 51.8 Å². The van der Waals surface area contributed by atoms with Gasteiger partial charge in [-0.05, 0) is 60.2 Å². The lowest BCUT2D eigenvalue weighted by molar-refractivity contribution is -0.328. The molecule has 0 aliphatic carbocycles. The Kier molecular flexibility index (Phi) is 9.61. The number of allylic oxidation sites excluding steroid dienone is 1. The number of phenolic OH excluding ortho intramolecular Hbond substituents is 1. The monoisotopic (exact) mass is 667 g/mol. The summed E-state index contributed by atoms with van der Waals surface area (Å²) >= 11 is 0. The van der Waals surface area contributed by atoms with Crippen molar-refractivity contribution in [1.29, 1.82) is 0 Å². The van der Waals surface area contributed by atoms with Gasteiger partial charge in [-0.15, -0.1) is 0 Å². The number of carbonyl (C=O) groups is 1. The zero-order chi connectivity index (χ0) is 34.8. The Morgan fingerprint density at radius 2 is 1.88 bits per heavy atom. The molecule has 0 radical (unpaired) electrons. The zero-order valence-electron chi connectivity index (χ0n) is 26.7. The van der Waals surface area contributed by atoms with Gasteiger partial charge >= 0.3 is 5.97 Å². The van der Waals surface area contributed by atoms with Crippen molar-refractivity contribution < 1.29 is 44.2 Å². The van der Waals surface area contributed by atoms with E-state index in [9.17, 15) is 35.1 Å². The molecule has 0 saturated carbocycles. The first-order valence-corrected chi connectivity index (χ1v) is 15.9. The summed E-state index contributed by atoms with van der Waals surface area (Å²) in [4.78, 5) is 25.6. The number of aliphatic carboxylic acids is 1. The molecule has 3 heterocycles. The molecular formula is C38H37NO10. The van der Waals surface area contributed by atoms with Crippen LogP contribution in [0.5, 0.6) is 11.5 Å². The van der Waals surface area contributed by atoms with Crippen molar-refractivity contribution in [3.63, 3.8) is 0 Å². The molecule has 0 spiro atoms. The van der Waals surface area contributed by atoms with E-state index in [1.54, 1.807) is 12.1 Å². The van der Waals surface area contributed by atoms with Crippen LogP contribution in [0.15, 0.2) is 94.3 Å². The summed E-state index contributed by atoms with van der Waals surface area (Å²) in [6.07, 6.45) is 0.418. The van der Waals surface area contributed by atoms with Crippen LogP contribution in [-0.2, 0) is 9.53 Å². The predicted octanol–water partition coefficient (Wildman–Crippen LogP) is 3.53. The largest absolute Gasteiger partial charge is 0.508 e. The molecular weight excluding hydrogens is 630 g/mol. The minimum Gasteiger partial charge on any atom is -0.508 e. The maximum absolute atomic E-state index is 13.3. The highest BCUT2D eigenvalue weighted by Crippen LogP contribution is 2.39. The van der Waals surface area contributed by atoms with Gasteiger partial charge in [0, 0.05) is 19.0 Å².